The number of hydrogen-bond donors (Lipinski definition) is 0. The molecular formula is C23H34N2O5. The Morgan fingerprint density at radius 3 is 2.53 bits per heavy atom. The summed E-state index contributed by atoms with van der Waals surface area (Å²) >= 11 is 0. The summed E-state index contributed by atoms with van der Waals surface area (Å²) in [5.41, 5.74) is 2.40. The van der Waals surface area contributed by atoms with Crippen molar-refractivity contribution >= 4 is 12.2 Å². The Labute approximate surface area is 179 Å². The van der Waals surface area contributed by atoms with Gasteiger partial charge in [-0.2, -0.15) is 0 Å². The third-order valence-corrected chi connectivity index (χ3v) is 5.72. The maximum atomic E-state index is 12.0. The Hall–Kier alpha value is -2.44. The van der Waals surface area contributed by atoms with E-state index in [4.69, 9.17) is 14.2 Å². The maximum absolute atomic E-state index is 12.0. The van der Waals surface area contributed by atoms with Crippen LogP contribution in [0.3, 0.4) is 0 Å². The highest BCUT2D eigenvalue weighted by Gasteiger charge is 2.25. The SMILES string of the molecule is CCOC(=O)N1CCc2cc(OCCC3CCN(C(=O)OC(C)C)CC3)ccc2C1. The molecule has 1 aromatic rings. The van der Waals surface area contributed by atoms with Gasteiger partial charge in [0.1, 0.15) is 5.75 Å². The number of fused-ring (bicyclic) bond motifs is 1. The molecule has 7 nitrogen and oxygen atoms in total. The van der Waals surface area contributed by atoms with Crippen LogP contribution in [0.2, 0.25) is 0 Å². The van der Waals surface area contributed by atoms with Gasteiger partial charge in [0.05, 0.1) is 19.3 Å². The number of rotatable bonds is 6. The van der Waals surface area contributed by atoms with E-state index >= 15 is 0 Å². The van der Waals surface area contributed by atoms with E-state index < -0.39 is 0 Å². The Kier molecular flexibility index (Phi) is 7.82. The van der Waals surface area contributed by atoms with Crippen LogP contribution in [0.15, 0.2) is 18.2 Å². The molecule has 1 fully saturated rings. The second-order valence-electron chi connectivity index (χ2n) is 8.30. The van der Waals surface area contributed by atoms with Crippen LogP contribution in [0, 0.1) is 5.92 Å². The van der Waals surface area contributed by atoms with Gasteiger partial charge in [0, 0.05) is 26.2 Å². The fraction of sp³-hybridized carbons (Fsp3) is 0.652. The molecule has 2 heterocycles. The number of likely N-dealkylation sites (tertiary alicyclic amines) is 1. The van der Waals surface area contributed by atoms with Crippen LogP contribution in [0.4, 0.5) is 9.59 Å². The van der Waals surface area contributed by atoms with Crippen LogP contribution in [0.5, 0.6) is 5.75 Å². The van der Waals surface area contributed by atoms with Gasteiger partial charge in [-0.3, -0.25) is 0 Å². The molecule has 0 bridgehead atoms. The molecule has 0 saturated carbocycles. The van der Waals surface area contributed by atoms with E-state index in [1.165, 1.54) is 5.56 Å². The molecule has 0 spiro atoms. The van der Waals surface area contributed by atoms with Gasteiger partial charge >= 0.3 is 12.2 Å². The zero-order valence-corrected chi connectivity index (χ0v) is 18.4. The average Bonchev–Trinajstić information content (AvgIpc) is 2.73. The van der Waals surface area contributed by atoms with Gasteiger partial charge in [0.2, 0.25) is 0 Å². The van der Waals surface area contributed by atoms with Crippen molar-refractivity contribution in [2.75, 3.05) is 32.8 Å². The summed E-state index contributed by atoms with van der Waals surface area (Å²) < 4.78 is 16.4. The van der Waals surface area contributed by atoms with Crippen LogP contribution in [-0.4, -0.2) is 60.9 Å². The molecular weight excluding hydrogens is 384 g/mol. The Bertz CT molecular complexity index is 728. The summed E-state index contributed by atoms with van der Waals surface area (Å²) in [6.07, 6.45) is 3.27. The van der Waals surface area contributed by atoms with Gasteiger partial charge in [-0.1, -0.05) is 6.07 Å². The van der Waals surface area contributed by atoms with Crippen LogP contribution in [0.25, 0.3) is 0 Å². The summed E-state index contributed by atoms with van der Waals surface area (Å²) in [7, 11) is 0. The summed E-state index contributed by atoms with van der Waals surface area (Å²) in [6, 6.07) is 6.13. The van der Waals surface area contributed by atoms with Crippen molar-refractivity contribution in [2.24, 2.45) is 5.92 Å². The van der Waals surface area contributed by atoms with Crippen molar-refractivity contribution in [2.45, 2.75) is 59.1 Å². The molecule has 2 amide bonds. The van der Waals surface area contributed by atoms with Crippen molar-refractivity contribution in [1.82, 2.24) is 9.80 Å². The largest absolute Gasteiger partial charge is 0.494 e. The minimum absolute atomic E-state index is 0.0755. The van der Waals surface area contributed by atoms with E-state index in [9.17, 15) is 9.59 Å². The lowest BCUT2D eigenvalue weighted by molar-refractivity contribution is 0.0637. The number of hydrogen-bond acceptors (Lipinski definition) is 5. The molecule has 0 unspecified atom stereocenters. The van der Waals surface area contributed by atoms with E-state index in [1.54, 1.807) is 9.80 Å². The number of piperidine rings is 1. The van der Waals surface area contributed by atoms with Crippen LogP contribution in [0.1, 0.15) is 51.2 Å². The summed E-state index contributed by atoms with van der Waals surface area (Å²) in [4.78, 5) is 27.4. The smallest absolute Gasteiger partial charge is 0.410 e. The number of nitrogens with zero attached hydrogens (tertiary/aromatic N) is 2. The van der Waals surface area contributed by atoms with Crippen molar-refractivity contribution in [1.29, 1.82) is 0 Å². The minimum atomic E-state index is -0.244. The molecule has 1 saturated heterocycles. The van der Waals surface area contributed by atoms with Crippen molar-refractivity contribution in [3.05, 3.63) is 29.3 Å². The first kappa shape index (κ1) is 22.2. The predicted octanol–water partition coefficient (Wildman–Crippen LogP) is 4.23. The molecule has 0 atom stereocenters. The molecule has 30 heavy (non-hydrogen) atoms. The van der Waals surface area contributed by atoms with Crippen molar-refractivity contribution in [3.63, 3.8) is 0 Å². The number of benzene rings is 1. The summed E-state index contributed by atoms with van der Waals surface area (Å²) in [5.74, 6) is 1.46. The first-order valence-electron chi connectivity index (χ1n) is 11.1. The molecule has 3 rings (SSSR count). The van der Waals surface area contributed by atoms with Crippen LogP contribution < -0.4 is 4.74 Å². The molecule has 1 aromatic carbocycles. The van der Waals surface area contributed by atoms with Crippen molar-refractivity contribution in [3.8, 4) is 5.75 Å². The third kappa shape index (κ3) is 6.03. The average molecular weight is 419 g/mol. The van der Waals surface area contributed by atoms with Gasteiger partial charge in [-0.25, -0.2) is 9.59 Å². The molecule has 0 radical (unpaired) electrons. The molecule has 2 aliphatic heterocycles. The third-order valence-electron chi connectivity index (χ3n) is 5.72. The van der Waals surface area contributed by atoms with Crippen LogP contribution in [-0.2, 0) is 22.4 Å². The van der Waals surface area contributed by atoms with E-state index in [0.29, 0.717) is 32.2 Å². The zero-order chi connectivity index (χ0) is 21.5. The van der Waals surface area contributed by atoms with E-state index in [1.807, 2.05) is 26.8 Å². The van der Waals surface area contributed by atoms with E-state index in [0.717, 1.165) is 50.1 Å². The number of carbonyl (C=O) groups is 2. The Morgan fingerprint density at radius 2 is 1.83 bits per heavy atom. The number of ether oxygens (including phenoxy) is 3. The lowest BCUT2D eigenvalue weighted by Gasteiger charge is -2.31. The first-order chi connectivity index (χ1) is 14.5. The van der Waals surface area contributed by atoms with Gasteiger partial charge in [-0.15, -0.1) is 0 Å². The zero-order valence-electron chi connectivity index (χ0n) is 18.4. The van der Waals surface area contributed by atoms with Gasteiger partial charge in [0.25, 0.3) is 0 Å². The fourth-order valence-corrected chi connectivity index (χ4v) is 4.01. The molecule has 166 valence electrons. The molecule has 0 aliphatic carbocycles. The highest BCUT2D eigenvalue weighted by molar-refractivity contribution is 5.68. The lowest BCUT2D eigenvalue weighted by Crippen LogP contribution is -2.39. The first-order valence-corrected chi connectivity index (χ1v) is 11.1. The quantitative estimate of drug-likeness (QED) is 0.692. The highest BCUT2D eigenvalue weighted by Crippen LogP contribution is 2.26. The maximum Gasteiger partial charge on any atom is 0.410 e. The Morgan fingerprint density at radius 1 is 1.07 bits per heavy atom. The van der Waals surface area contributed by atoms with E-state index in [2.05, 4.69) is 12.1 Å². The van der Waals surface area contributed by atoms with Gasteiger partial charge in [0.15, 0.2) is 0 Å². The van der Waals surface area contributed by atoms with Gasteiger partial charge in [-0.05, 0) is 75.6 Å². The lowest BCUT2D eigenvalue weighted by atomic mass is 9.94. The Balaban J connectivity index is 1.40. The molecule has 0 aromatic heterocycles. The predicted molar refractivity (Wildman–Crippen MR) is 114 cm³/mol. The summed E-state index contributed by atoms with van der Waals surface area (Å²) in [6.45, 7) is 9.42. The second-order valence-corrected chi connectivity index (χ2v) is 8.30. The monoisotopic (exact) mass is 418 g/mol. The molecule has 0 N–H and O–H groups in total. The fourth-order valence-electron chi connectivity index (χ4n) is 4.01. The van der Waals surface area contributed by atoms with Crippen LogP contribution >= 0.6 is 0 Å². The summed E-state index contributed by atoms with van der Waals surface area (Å²) in [5, 5.41) is 0. The highest BCUT2D eigenvalue weighted by atomic mass is 16.6. The normalized spacial score (nSPS) is 16.9. The second kappa shape index (κ2) is 10.5. The van der Waals surface area contributed by atoms with E-state index in [-0.39, 0.29) is 18.3 Å². The standard InChI is InChI=1S/C23H34N2O5/c1-4-28-22(26)25-13-9-19-15-21(6-5-20(19)16-25)29-14-10-18-7-11-24(12-8-18)23(27)30-17(2)3/h5-6,15,17-18H,4,7-14,16H2,1-3H3. The number of amides is 2. The van der Waals surface area contributed by atoms with Crippen molar-refractivity contribution < 1.29 is 23.8 Å². The minimum Gasteiger partial charge on any atom is -0.494 e. The molecule has 2 aliphatic rings. The van der Waals surface area contributed by atoms with Gasteiger partial charge < -0.3 is 24.0 Å². The topological polar surface area (TPSA) is 68.3 Å². The number of carbonyl (C=O) groups excluding carboxylic acids is 2. The molecule has 7 heteroatoms.